The molecule has 0 spiro atoms. The number of hydrogen-bond acceptors (Lipinski definition) is 4. The van der Waals surface area contributed by atoms with E-state index in [1.165, 1.54) is 17.0 Å². The summed E-state index contributed by atoms with van der Waals surface area (Å²) in [6, 6.07) is 12.1. The lowest BCUT2D eigenvalue weighted by Gasteiger charge is -2.33. The molecule has 2 amide bonds. The van der Waals surface area contributed by atoms with Crippen LogP contribution in [0.5, 0.6) is 0 Å². The Morgan fingerprint density at radius 1 is 1.06 bits per heavy atom. The third-order valence-electron chi connectivity index (χ3n) is 6.67. The van der Waals surface area contributed by atoms with Gasteiger partial charge in [0.05, 0.1) is 11.9 Å². The van der Waals surface area contributed by atoms with Crippen LogP contribution in [0.4, 0.5) is 10.1 Å². The average Bonchev–Trinajstić information content (AvgIpc) is 3.35. The topological polar surface area (TPSA) is 86.8 Å². The molecule has 36 heavy (non-hydrogen) atoms. The minimum absolute atomic E-state index is 0.0583. The monoisotopic (exact) mass is 517 g/mol. The molecule has 1 saturated carbocycles. The van der Waals surface area contributed by atoms with Crippen molar-refractivity contribution in [3.05, 3.63) is 65.5 Å². The highest BCUT2D eigenvalue weighted by Gasteiger charge is 2.33. The van der Waals surface area contributed by atoms with E-state index in [0.717, 1.165) is 41.8 Å². The van der Waals surface area contributed by atoms with Gasteiger partial charge in [-0.25, -0.2) is 12.8 Å². The fourth-order valence-corrected chi connectivity index (χ4v) is 5.60. The Hall–Kier alpha value is -2.94. The number of aryl methyl sites for hydroxylation is 1. The van der Waals surface area contributed by atoms with Crippen molar-refractivity contribution in [2.24, 2.45) is 0 Å². The van der Waals surface area contributed by atoms with Crippen molar-refractivity contribution in [3.63, 3.8) is 0 Å². The van der Waals surface area contributed by atoms with Crippen molar-refractivity contribution >= 4 is 27.5 Å². The normalized spacial score (nSPS) is 14.9. The molecule has 1 fully saturated rings. The smallest absolute Gasteiger partial charge is 0.244 e. The third-order valence-corrected chi connectivity index (χ3v) is 7.80. The molecule has 7 nitrogen and oxygen atoms in total. The molecule has 1 aliphatic carbocycles. The lowest BCUT2D eigenvalue weighted by Crippen LogP contribution is -2.53. The summed E-state index contributed by atoms with van der Waals surface area (Å²) < 4.78 is 40.2. The Bertz CT molecular complexity index is 1150. The molecular formula is C27H36FN3O4S. The highest BCUT2D eigenvalue weighted by atomic mass is 32.2. The third kappa shape index (κ3) is 7.06. The van der Waals surface area contributed by atoms with E-state index in [-0.39, 0.29) is 18.5 Å². The second-order valence-electron chi connectivity index (χ2n) is 9.31. The number of carbonyl (C=O) groups excluding carboxylic acids is 2. The van der Waals surface area contributed by atoms with Crippen molar-refractivity contribution in [1.82, 2.24) is 10.2 Å². The highest BCUT2D eigenvalue weighted by Crippen LogP contribution is 2.25. The number of rotatable bonds is 11. The Morgan fingerprint density at radius 3 is 2.28 bits per heavy atom. The zero-order chi connectivity index (χ0) is 26.3. The van der Waals surface area contributed by atoms with Crippen LogP contribution >= 0.6 is 0 Å². The van der Waals surface area contributed by atoms with E-state index in [1.54, 1.807) is 24.3 Å². The van der Waals surface area contributed by atoms with Crippen LogP contribution in [-0.2, 0) is 32.6 Å². The fraction of sp³-hybridized carbons (Fsp3) is 0.481. The van der Waals surface area contributed by atoms with Crippen LogP contribution < -0.4 is 9.62 Å². The van der Waals surface area contributed by atoms with Gasteiger partial charge in [-0.05, 0) is 55.0 Å². The van der Waals surface area contributed by atoms with Gasteiger partial charge in [0.1, 0.15) is 18.4 Å². The van der Waals surface area contributed by atoms with Gasteiger partial charge in [-0.2, -0.15) is 0 Å². The number of nitrogens with zero attached hydrogens (tertiary/aromatic N) is 2. The van der Waals surface area contributed by atoms with Gasteiger partial charge in [0, 0.05) is 12.6 Å². The second-order valence-corrected chi connectivity index (χ2v) is 11.2. The van der Waals surface area contributed by atoms with Crippen LogP contribution in [0.1, 0.15) is 57.1 Å². The minimum Gasteiger partial charge on any atom is -0.352 e. The maximum atomic E-state index is 13.8. The summed E-state index contributed by atoms with van der Waals surface area (Å²) in [6.07, 6.45) is 5.95. The lowest BCUT2D eigenvalue weighted by molar-refractivity contribution is -0.140. The first-order valence-electron chi connectivity index (χ1n) is 12.5. The zero-order valence-electron chi connectivity index (χ0n) is 21.2. The van der Waals surface area contributed by atoms with Crippen LogP contribution in [-0.4, -0.2) is 50.0 Å². The van der Waals surface area contributed by atoms with Gasteiger partial charge in [-0.3, -0.25) is 13.9 Å². The van der Waals surface area contributed by atoms with E-state index in [1.807, 2.05) is 26.0 Å². The number of hydrogen-bond donors (Lipinski definition) is 1. The van der Waals surface area contributed by atoms with Gasteiger partial charge < -0.3 is 10.2 Å². The van der Waals surface area contributed by atoms with E-state index >= 15 is 0 Å². The maximum Gasteiger partial charge on any atom is 0.244 e. The Kier molecular flexibility index (Phi) is 9.48. The van der Waals surface area contributed by atoms with Crippen LogP contribution in [0.25, 0.3) is 0 Å². The van der Waals surface area contributed by atoms with E-state index in [4.69, 9.17) is 0 Å². The molecule has 0 aromatic heterocycles. The van der Waals surface area contributed by atoms with Crippen LogP contribution in [0.2, 0.25) is 0 Å². The Labute approximate surface area is 213 Å². The van der Waals surface area contributed by atoms with Crippen LogP contribution in [0, 0.1) is 5.82 Å². The van der Waals surface area contributed by atoms with Gasteiger partial charge in [0.15, 0.2) is 0 Å². The second kappa shape index (κ2) is 12.3. The van der Waals surface area contributed by atoms with Crippen molar-refractivity contribution in [3.8, 4) is 0 Å². The number of para-hydroxylation sites is 1. The van der Waals surface area contributed by atoms with Crippen molar-refractivity contribution in [1.29, 1.82) is 0 Å². The largest absolute Gasteiger partial charge is 0.352 e. The summed E-state index contributed by atoms with van der Waals surface area (Å²) >= 11 is 0. The molecular weight excluding hydrogens is 481 g/mol. The highest BCUT2D eigenvalue weighted by molar-refractivity contribution is 7.92. The number of sulfonamides is 1. The van der Waals surface area contributed by atoms with Crippen LogP contribution in [0.3, 0.4) is 0 Å². The number of amides is 2. The molecule has 196 valence electrons. The minimum atomic E-state index is -3.79. The van der Waals surface area contributed by atoms with Gasteiger partial charge in [-0.1, -0.05) is 57.0 Å². The summed E-state index contributed by atoms with van der Waals surface area (Å²) in [5.41, 5.74) is 1.89. The summed E-state index contributed by atoms with van der Waals surface area (Å²) in [5, 5.41) is 3.07. The molecule has 1 atom stereocenters. The first-order chi connectivity index (χ1) is 17.1. The van der Waals surface area contributed by atoms with E-state index in [0.29, 0.717) is 24.1 Å². The van der Waals surface area contributed by atoms with Crippen LogP contribution in [0.15, 0.2) is 48.5 Å². The summed E-state index contributed by atoms with van der Waals surface area (Å²) in [6.45, 7) is 3.36. The predicted molar refractivity (Wildman–Crippen MR) is 139 cm³/mol. The first kappa shape index (κ1) is 27.6. The first-order valence-corrected chi connectivity index (χ1v) is 14.4. The number of carbonyl (C=O) groups is 2. The molecule has 0 radical (unpaired) electrons. The molecule has 9 heteroatoms. The Morgan fingerprint density at radius 2 is 1.69 bits per heavy atom. The molecule has 0 unspecified atom stereocenters. The standard InChI is InChI=1S/C27H36FN3O4S/c1-4-21-10-6-9-13-25(21)31(36(3,34)35)19-26(32)30(18-20-14-16-22(28)17-15-20)24(5-2)27(33)29-23-11-7-8-12-23/h6,9-10,13-17,23-24H,4-5,7-8,11-12,18-19H2,1-3H3,(H,29,33)/t24-/m1/s1. The number of benzene rings is 2. The maximum absolute atomic E-state index is 13.8. The number of halogens is 1. The lowest BCUT2D eigenvalue weighted by atomic mass is 10.1. The predicted octanol–water partition coefficient (Wildman–Crippen LogP) is 4.02. The molecule has 1 N–H and O–H groups in total. The van der Waals surface area contributed by atoms with Gasteiger partial charge >= 0.3 is 0 Å². The van der Waals surface area contributed by atoms with Gasteiger partial charge in [0.2, 0.25) is 21.8 Å². The van der Waals surface area contributed by atoms with E-state index < -0.39 is 34.3 Å². The quantitative estimate of drug-likeness (QED) is 0.488. The average molecular weight is 518 g/mol. The Balaban J connectivity index is 1.94. The zero-order valence-corrected chi connectivity index (χ0v) is 22.1. The van der Waals surface area contributed by atoms with Crippen molar-refractivity contribution in [2.75, 3.05) is 17.1 Å². The summed E-state index contributed by atoms with van der Waals surface area (Å²) in [7, 11) is -3.79. The number of anilines is 1. The van der Waals surface area contributed by atoms with Crippen molar-refractivity contribution < 1.29 is 22.4 Å². The SMILES string of the molecule is CCc1ccccc1N(CC(=O)N(Cc1ccc(F)cc1)[C@H](CC)C(=O)NC1CCCC1)S(C)(=O)=O. The fourth-order valence-electron chi connectivity index (χ4n) is 4.72. The molecule has 0 heterocycles. The molecule has 3 rings (SSSR count). The molecule has 0 saturated heterocycles. The molecule has 2 aromatic rings. The summed E-state index contributed by atoms with van der Waals surface area (Å²) in [5.74, 6) is -1.15. The number of nitrogens with one attached hydrogen (secondary N) is 1. The summed E-state index contributed by atoms with van der Waals surface area (Å²) in [4.78, 5) is 28.4. The van der Waals surface area contributed by atoms with Crippen molar-refractivity contribution in [2.45, 2.75) is 71.0 Å². The van der Waals surface area contributed by atoms with Gasteiger partial charge in [-0.15, -0.1) is 0 Å². The molecule has 1 aliphatic rings. The van der Waals surface area contributed by atoms with Gasteiger partial charge in [0.25, 0.3) is 0 Å². The van der Waals surface area contributed by atoms with E-state index in [9.17, 15) is 22.4 Å². The molecule has 2 aromatic carbocycles. The van der Waals surface area contributed by atoms with E-state index in [2.05, 4.69) is 5.32 Å². The molecule has 0 aliphatic heterocycles. The molecule has 0 bridgehead atoms.